The Kier molecular flexibility index (Phi) is 7.96. The molecule has 5 nitrogen and oxygen atoms in total. The van der Waals surface area contributed by atoms with Crippen LogP contribution >= 0.6 is 0 Å². The second-order valence-corrected chi connectivity index (χ2v) is 4.50. The highest BCUT2D eigenvalue weighted by molar-refractivity contribution is 5.75. The molecule has 0 bridgehead atoms. The van der Waals surface area contributed by atoms with Crippen molar-refractivity contribution in [2.75, 3.05) is 46.0 Å². The SMILES string of the molecule is CCCNC(CCN1CCOCC1)C(=O)OCC. The Hall–Kier alpha value is -0.650. The number of morpholine rings is 1. The molecule has 0 spiro atoms. The smallest absolute Gasteiger partial charge is 0.323 e. The number of ether oxygens (including phenoxy) is 2. The molecule has 0 saturated carbocycles. The van der Waals surface area contributed by atoms with Crippen LogP contribution in [0.1, 0.15) is 26.7 Å². The Morgan fingerprint density at radius 3 is 2.72 bits per heavy atom. The molecule has 0 aromatic heterocycles. The average molecular weight is 258 g/mol. The summed E-state index contributed by atoms with van der Waals surface area (Å²) in [7, 11) is 0. The van der Waals surface area contributed by atoms with Gasteiger partial charge in [-0.15, -0.1) is 0 Å². The number of carbonyl (C=O) groups excluding carboxylic acids is 1. The van der Waals surface area contributed by atoms with Crippen molar-refractivity contribution in [2.45, 2.75) is 32.7 Å². The molecule has 1 unspecified atom stereocenters. The maximum atomic E-state index is 11.8. The fourth-order valence-corrected chi connectivity index (χ4v) is 2.00. The van der Waals surface area contributed by atoms with Gasteiger partial charge in [-0.05, 0) is 26.3 Å². The zero-order valence-electron chi connectivity index (χ0n) is 11.6. The summed E-state index contributed by atoms with van der Waals surface area (Å²) in [4.78, 5) is 14.1. The predicted molar refractivity (Wildman–Crippen MR) is 70.6 cm³/mol. The van der Waals surface area contributed by atoms with Crippen molar-refractivity contribution in [3.8, 4) is 0 Å². The van der Waals surface area contributed by atoms with E-state index in [2.05, 4.69) is 17.1 Å². The largest absolute Gasteiger partial charge is 0.465 e. The lowest BCUT2D eigenvalue weighted by molar-refractivity contribution is -0.146. The van der Waals surface area contributed by atoms with Gasteiger partial charge < -0.3 is 14.8 Å². The predicted octanol–water partition coefficient (Wildman–Crippen LogP) is 0.640. The van der Waals surface area contributed by atoms with Gasteiger partial charge in [-0.1, -0.05) is 6.92 Å². The number of carbonyl (C=O) groups is 1. The van der Waals surface area contributed by atoms with Crippen LogP contribution in [-0.2, 0) is 14.3 Å². The Labute approximate surface area is 110 Å². The molecule has 0 aromatic carbocycles. The van der Waals surface area contributed by atoms with Gasteiger partial charge in [-0.25, -0.2) is 0 Å². The average Bonchev–Trinajstić information content (AvgIpc) is 2.40. The van der Waals surface area contributed by atoms with E-state index in [0.717, 1.165) is 52.2 Å². The Bertz CT molecular complexity index is 230. The van der Waals surface area contributed by atoms with E-state index in [1.807, 2.05) is 6.92 Å². The maximum absolute atomic E-state index is 11.8. The Morgan fingerprint density at radius 1 is 1.39 bits per heavy atom. The molecular weight excluding hydrogens is 232 g/mol. The molecule has 18 heavy (non-hydrogen) atoms. The van der Waals surface area contributed by atoms with Gasteiger partial charge in [-0.2, -0.15) is 0 Å². The van der Waals surface area contributed by atoms with Crippen LogP contribution in [0, 0.1) is 0 Å². The van der Waals surface area contributed by atoms with Gasteiger partial charge in [0, 0.05) is 19.6 Å². The van der Waals surface area contributed by atoms with E-state index in [-0.39, 0.29) is 12.0 Å². The maximum Gasteiger partial charge on any atom is 0.323 e. The second kappa shape index (κ2) is 9.30. The molecule has 106 valence electrons. The fourth-order valence-electron chi connectivity index (χ4n) is 2.00. The molecule has 0 radical (unpaired) electrons. The van der Waals surface area contributed by atoms with Crippen LogP contribution in [0.4, 0.5) is 0 Å². The van der Waals surface area contributed by atoms with Gasteiger partial charge in [0.25, 0.3) is 0 Å². The van der Waals surface area contributed by atoms with Crippen LogP contribution in [0.15, 0.2) is 0 Å². The van der Waals surface area contributed by atoms with Crippen LogP contribution in [0.5, 0.6) is 0 Å². The molecule has 1 aliphatic rings. The molecule has 5 heteroatoms. The minimum Gasteiger partial charge on any atom is -0.465 e. The summed E-state index contributed by atoms with van der Waals surface area (Å²) in [5.41, 5.74) is 0. The molecule has 1 fully saturated rings. The van der Waals surface area contributed by atoms with E-state index in [1.165, 1.54) is 0 Å². The lowest BCUT2D eigenvalue weighted by Crippen LogP contribution is -2.43. The standard InChI is InChI=1S/C13H26N2O3/c1-3-6-14-12(13(16)18-4-2)5-7-15-8-10-17-11-9-15/h12,14H,3-11H2,1-2H3. The quantitative estimate of drug-likeness (QED) is 0.648. The van der Waals surface area contributed by atoms with Crippen molar-refractivity contribution in [1.29, 1.82) is 0 Å². The number of hydrogen-bond acceptors (Lipinski definition) is 5. The third-order valence-corrected chi connectivity index (χ3v) is 3.05. The number of nitrogens with zero attached hydrogens (tertiary/aromatic N) is 1. The van der Waals surface area contributed by atoms with Crippen LogP contribution < -0.4 is 5.32 Å². The highest BCUT2D eigenvalue weighted by Gasteiger charge is 2.20. The Balaban J connectivity index is 2.31. The summed E-state index contributed by atoms with van der Waals surface area (Å²) in [6, 6.07) is -0.173. The zero-order valence-corrected chi connectivity index (χ0v) is 11.6. The molecule has 1 aliphatic heterocycles. The van der Waals surface area contributed by atoms with Gasteiger partial charge in [0.05, 0.1) is 19.8 Å². The minimum absolute atomic E-state index is 0.126. The van der Waals surface area contributed by atoms with Crippen molar-refractivity contribution < 1.29 is 14.3 Å². The normalized spacial score (nSPS) is 18.6. The molecule has 1 N–H and O–H groups in total. The highest BCUT2D eigenvalue weighted by atomic mass is 16.5. The Morgan fingerprint density at radius 2 is 2.11 bits per heavy atom. The molecule has 1 atom stereocenters. The van der Waals surface area contributed by atoms with Gasteiger partial charge in [-0.3, -0.25) is 9.69 Å². The van der Waals surface area contributed by atoms with Crippen molar-refractivity contribution in [3.05, 3.63) is 0 Å². The van der Waals surface area contributed by atoms with E-state index in [4.69, 9.17) is 9.47 Å². The van der Waals surface area contributed by atoms with E-state index < -0.39 is 0 Å². The minimum atomic E-state index is -0.173. The summed E-state index contributed by atoms with van der Waals surface area (Å²) in [5.74, 6) is -0.126. The number of nitrogens with one attached hydrogen (secondary N) is 1. The van der Waals surface area contributed by atoms with Crippen LogP contribution in [0.25, 0.3) is 0 Å². The van der Waals surface area contributed by atoms with Gasteiger partial charge in [0.15, 0.2) is 0 Å². The van der Waals surface area contributed by atoms with E-state index in [9.17, 15) is 4.79 Å². The molecular formula is C13H26N2O3. The topological polar surface area (TPSA) is 50.8 Å². The number of rotatable bonds is 8. The molecule has 1 heterocycles. The van der Waals surface area contributed by atoms with Crippen molar-refractivity contribution in [3.63, 3.8) is 0 Å². The molecule has 1 saturated heterocycles. The van der Waals surface area contributed by atoms with Gasteiger partial charge >= 0.3 is 5.97 Å². The van der Waals surface area contributed by atoms with E-state index in [1.54, 1.807) is 0 Å². The van der Waals surface area contributed by atoms with E-state index >= 15 is 0 Å². The first-order chi connectivity index (χ1) is 8.77. The summed E-state index contributed by atoms with van der Waals surface area (Å²) >= 11 is 0. The monoisotopic (exact) mass is 258 g/mol. The summed E-state index contributed by atoms with van der Waals surface area (Å²) in [6.45, 7) is 9.68. The first-order valence-electron chi connectivity index (χ1n) is 6.98. The summed E-state index contributed by atoms with van der Waals surface area (Å²) in [6.07, 6.45) is 1.83. The van der Waals surface area contributed by atoms with Crippen molar-refractivity contribution in [2.24, 2.45) is 0 Å². The first-order valence-corrected chi connectivity index (χ1v) is 6.98. The summed E-state index contributed by atoms with van der Waals surface area (Å²) < 4.78 is 10.4. The van der Waals surface area contributed by atoms with E-state index in [0.29, 0.717) is 6.61 Å². The van der Waals surface area contributed by atoms with Gasteiger partial charge in [0.2, 0.25) is 0 Å². The van der Waals surface area contributed by atoms with Gasteiger partial charge in [0.1, 0.15) is 6.04 Å². The zero-order chi connectivity index (χ0) is 13.2. The van der Waals surface area contributed by atoms with Crippen LogP contribution in [-0.4, -0.2) is 62.9 Å². The fraction of sp³-hybridized carbons (Fsp3) is 0.923. The van der Waals surface area contributed by atoms with Crippen molar-refractivity contribution >= 4 is 5.97 Å². The van der Waals surface area contributed by atoms with Crippen molar-refractivity contribution in [1.82, 2.24) is 10.2 Å². The second-order valence-electron chi connectivity index (χ2n) is 4.50. The third-order valence-electron chi connectivity index (χ3n) is 3.05. The molecule has 0 aliphatic carbocycles. The van der Waals surface area contributed by atoms with Crippen LogP contribution in [0.2, 0.25) is 0 Å². The number of hydrogen-bond donors (Lipinski definition) is 1. The molecule has 0 amide bonds. The lowest BCUT2D eigenvalue weighted by Gasteiger charge is -2.28. The lowest BCUT2D eigenvalue weighted by atomic mass is 10.2. The number of esters is 1. The molecule has 1 rings (SSSR count). The first kappa shape index (κ1) is 15.4. The third kappa shape index (κ3) is 5.80. The van der Waals surface area contributed by atoms with Crippen LogP contribution in [0.3, 0.4) is 0 Å². The molecule has 0 aromatic rings. The summed E-state index contributed by atoms with van der Waals surface area (Å²) in [5, 5.41) is 3.26. The highest BCUT2D eigenvalue weighted by Crippen LogP contribution is 2.03.